The molecule has 1 fully saturated rings. The summed E-state index contributed by atoms with van der Waals surface area (Å²) >= 11 is 5.84. The number of benzene rings is 1. The van der Waals surface area contributed by atoms with Gasteiger partial charge in [-0.25, -0.2) is 4.68 Å². The minimum Gasteiger partial charge on any atom is -0.321 e. The number of amides is 1. The molecule has 0 saturated carbocycles. The quantitative estimate of drug-likeness (QED) is 0.911. The van der Waals surface area contributed by atoms with E-state index in [0.29, 0.717) is 22.4 Å². The molecule has 1 aromatic carbocycles. The molecule has 3 rings (SSSR count). The van der Waals surface area contributed by atoms with Gasteiger partial charge in [0, 0.05) is 10.7 Å². The van der Waals surface area contributed by atoms with Gasteiger partial charge in [0.15, 0.2) is 5.69 Å². The third-order valence-electron chi connectivity index (χ3n) is 3.90. The van der Waals surface area contributed by atoms with Gasteiger partial charge < -0.3 is 10.6 Å². The molecule has 22 heavy (non-hydrogen) atoms. The number of carbonyl (C=O) groups is 1. The normalized spacial score (nSPS) is 15.7. The second kappa shape index (κ2) is 6.46. The van der Waals surface area contributed by atoms with Crippen LogP contribution in [0.1, 0.15) is 35.1 Å². The summed E-state index contributed by atoms with van der Waals surface area (Å²) in [6.07, 6.45) is 2.00. The maximum atomic E-state index is 12.3. The Morgan fingerprint density at radius 2 is 2.00 bits per heavy atom. The fourth-order valence-corrected chi connectivity index (χ4v) is 2.80. The van der Waals surface area contributed by atoms with Crippen molar-refractivity contribution >= 4 is 23.2 Å². The number of hydrogen-bond acceptors (Lipinski definition) is 4. The Morgan fingerprint density at radius 3 is 2.68 bits per heavy atom. The molecule has 0 unspecified atom stereocenters. The third-order valence-corrected chi connectivity index (χ3v) is 4.15. The highest BCUT2D eigenvalue weighted by atomic mass is 35.5. The van der Waals surface area contributed by atoms with Crippen molar-refractivity contribution in [3.63, 3.8) is 0 Å². The van der Waals surface area contributed by atoms with Crippen LogP contribution in [0.5, 0.6) is 0 Å². The number of anilines is 1. The maximum Gasteiger partial charge on any atom is 0.278 e. The van der Waals surface area contributed by atoms with Crippen LogP contribution in [0.4, 0.5) is 5.69 Å². The van der Waals surface area contributed by atoms with Gasteiger partial charge in [-0.2, -0.15) is 0 Å². The average Bonchev–Trinajstić information content (AvgIpc) is 2.92. The van der Waals surface area contributed by atoms with E-state index in [-0.39, 0.29) is 5.91 Å². The molecule has 2 heterocycles. The first-order valence-electron chi connectivity index (χ1n) is 7.34. The Bertz CT molecular complexity index is 661. The molecule has 1 aromatic heterocycles. The first-order valence-corrected chi connectivity index (χ1v) is 7.72. The summed E-state index contributed by atoms with van der Waals surface area (Å²) in [4.78, 5) is 12.3. The minimum absolute atomic E-state index is 0.250. The molecule has 2 N–H and O–H groups in total. The number of nitrogens with one attached hydrogen (secondary N) is 2. The number of halogens is 1. The van der Waals surface area contributed by atoms with Crippen molar-refractivity contribution in [2.24, 2.45) is 0 Å². The number of nitrogens with zero attached hydrogens (tertiary/aromatic N) is 3. The molecule has 7 heteroatoms. The van der Waals surface area contributed by atoms with E-state index in [1.54, 1.807) is 24.3 Å². The summed E-state index contributed by atoms with van der Waals surface area (Å²) in [6, 6.07) is 7.29. The maximum absolute atomic E-state index is 12.3. The highest BCUT2D eigenvalue weighted by Crippen LogP contribution is 2.21. The largest absolute Gasteiger partial charge is 0.321 e. The Balaban J connectivity index is 1.75. The van der Waals surface area contributed by atoms with Gasteiger partial charge in [-0.15, -0.1) is 5.10 Å². The fraction of sp³-hybridized carbons (Fsp3) is 0.400. The Labute approximate surface area is 133 Å². The second-order valence-corrected chi connectivity index (χ2v) is 5.85. The Kier molecular flexibility index (Phi) is 4.40. The zero-order valence-electron chi connectivity index (χ0n) is 12.3. The van der Waals surface area contributed by atoms with Crippen molar-refractivity contribution in [2.75, 3.05) is 18.4 Å². The first-order chi connectivity index (χ1) is 10.6. The minimum atomic E-state index is -0.250. The summed E-state index contributed by atoms with van der Waals surface area (Å²) in [5.74, 6) is -0.250. The number of rotatable bonds is 3. The number of aromatic nitrogens is 3. The van der Waals surface area contributed by atoms with Crippen LogP contribution < -0.4 is 10.6 Å². The summed E-state index contributed by atoms with van der Waals surface area (Å²) in [5, 5.41) is 15.0. The highest BCUT2D eigenvalue weighted by molar-refractivity contribution is 6.30. The van der Waals surface area contributed by atoms with Crippen LogP contribution in [0.3, 0.4) is 0 Å². The molecular formula is C15H18ClN5O. The lowest BCUT2D eigenvalue weighted by Gasteiger charge is -2.23. The van der Waals surface area contributed by atoms with E-state index in [1.165, 1.54) is 0 Å². The molecule has 0 spiro atoms. The third kappa shape index (κ3) is 3.13. The van der Waals surface area contributed by atoms with Crippen molar-refractivity contribution in [2.45, 2.75) is 25.8 Å². The monoisotopic (exact) mass is 319 g/mol. The van der Waals surface area contributed by atoms with Crippen LogP contribution >= 0.6 is 11.6 Å². The lowest BCUT2D eigenvalue weighted by atomic mass is 10.1. The molecule has 1 saturated heterocycles. The predicted molar refractivity (Wildman–Crippen MR) is 85.3 cm³/mol. The van der Waals surface area contributed by atoms with Crippen LogP contribution in [0, 0.1) is 6.92 Å². The summed E-state index contributed by atoms with van der Waals surface area (Å²) in [7, 11) is 0. The molecule has 2 aromatic rings. The molecule has 0 atom stereocenters. The van der Waals surface area contributed by atoms with Gasteiger partial charge in [-0.1, -0.05) is 16.8 Å². The van der Waals surface area contributed by atoms with Gasteiger partial charge in [0.2, 0.25) is 0 Å². The fourth-order valence-electron chi connectivity index (χ4n) is 2.67. The summed E-state index contributed by atoms with van der Waals surface area (Å²) in [5.41, 5.74) is 1.86. The van der Waals surface area contributed by atoms with Gasteiger partial charge in [0.25, 0.3) is 5.91 Å². The van der Waals surface area contributed by atoms with Gasteiger partial charge >= 0.3 is 0 Å². The lowest BCUT2D eigenvalue weighted by molar-refractivity contribution is 0.102. The van der Waals surface area contributed by atoms with Crippen LogP contribution in [-0.2, 0) is 0 Å². The molecular weight excluding hydrogens is 302 g/mol. The molecule has 6 nitrogen and oxygen atoms in total. The van der Waals surface area contributed by atoms with Crippen LogP contribution in [-0.4, -0.2) is 34.0 Å². The van der Waals surface area contributed by atoms with Crippen molar-refractivity contribution in [3.05, 3.63) is 40.7 Å². The van der Waals surface area contributed by atoms with Crippen LogP contribution in [0.2, 0.25) is 5.02 Å². The van der Waals surface area contributed by atoms with Gasteiger partial charge in [-0.05, 0) is 57.1 Å². The van der Waals surface area contributed by atoms with Crippen molar-refractivity contribution in [1.29, 1.82) is 0 Å². The molecule has 1 amide bonds. The lowest BCUT2D eigenvalue weighted by Crippen LogP contribution is -2.30. The van der Waals surface area contributed by atoms with E-state index >= 15 is 0 Å². The smallest absolute Gasteiger partial charge is 0.278 e. The number of carbonyl (C=O) groups excluding carboxylic acids is 1. The molecule has 1 aliphatic rings. The van der Waals surface area contributed by atoms with E-state index in [1.807, 2.05) is 11.6 Å². The van der Waals surface area contributed by atoms with Crippen molar-refractivity contribution in [1.82, 2.24) is 20.3 Å². The van der Waals surface area contributed by atoms with Gasteiger partial charge in [-0.3, -0.25) is 4.79 Å². The standard InChI is InChI=1S/C15H18ClN5O/c1-10-14(15(22)18-12-4-2-11(16)3-5-12)19-20-21(10)13-6-8-17-9-7-13/h2-5,13,17H,6-9H2,1H3,(H,18,22). The van der Waals surface area contributed by atoms with Crippen LogP contribution in [0.25, 0.3) is 0 Å². The molecule has 0 aliphatic carbocycles. The molecule has 116 valence electrons. The zero-order chi connectivity index (χ0) is 15.5. The molecule has 0 bridgehead atoms. The SMILES string of the molecule is Cc1c(C(=O)Nc2ccc(Cl)cc2)nnn1C1CCNCC1. The predicted octanol–water partition coefficient (Wildman–Crippen LogP) is 2.42. The summed E-state index contributed by atoms with van der Waals surface area (Å²) < 4.78 is 1.87. The highest BCUT2D eigenvalue weighted by Gasteiger charge is 2.22. The van der Waals surface area contributed by atoms with Gasteiger partial charge in [0.05, 0.1) is 11.7 Å². The van der Waals surface area contributed by atoms with Crippen molar-refractivity contribution in [3.8, 4) is 0 Å². The van der Waals surface area contributed by atoms with E-state index < -0.39 is 0 Å². The zero-order valence-corrected chi connectivity index (χ0v) is 13.1. The number of hydrogen-bond donors (Lipinski definition) is 2. The first kappa shape index (κ1) is 15.0. The Morgan fingerprint density at radius 1 is 1.32 bits per heavy atom. The van der Waals surface area contributed by atoms with Crippen LogP contribution in [0.15, 0.2) is 24.3 Å². The molecule has 1 aliphatic heterocycles. The van der Waals surface area contributed by atoms with E-state index in [4.69, 9.17) is 11.6 Å². The van der Waals surface area contributed by atoms with Crippen molar-refractivity contribution < 1.29 is 4.79 Å². The second-order valence-electron chi connectivity index (χ2n) is 5.41. The topological polar surface area (TPSA) is 71.8 Å². The average molecular weight is 320 g/mol. The summed E-state index contributed by atoms with van der Waals surface area (Å²) in [6.45, 7) is 3.82. The number of piperidine rings is 1. The van der Waals surface area contributed by atoms with E-state index in [0.717, 1.165) is 31.6 Å². The molecule has 0 radical (unpaired) electrons. The van der Waals surface area contributed by atoms with Gasteiger partial charge in [0.1, 0.15) is 0 Å². The van der Waals surface area contributed by atoms with E-state index in [2.05, 4.69) is 20.9 Å². The van der Waals surface area contributed by atoms with E-state index in [9.17, 15) is 4.79 Å². The Hall–Kier alpha value is -1.92.